The van der Waals surface area contributed by atoms with E-state index in [1.54, 1.807) is 24.7 Å². The van der Waals surface area contributed by atoms with Gasteiger partial charge in [0.05, 0.1) is 19.9 Å². The molecule has 1 fully saturated rings. The highest BCUT2D eigenvalue weighted by atomic mass is 32.1. The predicted octanol–water partition coefficient (Wildman–Crippen LogP) is 3.25. The summed E-state index contributed by atoms with van der Waals surface area (Å²) in [6.07, 6.45) is 2.34. The van der Waals surface area contributed by atoms with Crippen LogP contribution in [0.2, 0.25) is 0 Å². The number of methoxy groups -OCH3 is 2. The van der Waals surface area contributed by atoms with Crippen molar-refractivity contribution < 1.29 is 9.47 Å². The van der Waals surface area contributed by atoms with E-state index < -0.39 is 0 Å². The molecule has 3 aromatic rings. The quantitative estimate of drug-likeness (QED) is 0.625. The number of aromatic nitrogens is 2. The SMILES string of the molecule is COc1ccc(OC)c(CN(Cc2cc(=O)n3c(C)csc3n2)C2CC2)c1. The summed E-state index contributed by atoms with van der Waals surface area (Å²) in [7, 11) is 3.35. The number of rotatable bonds is 7. The Morgan fingerprint density at radius 1 is 1.22 bits per heavy atom. The van der Waals surface area contributed by atoms with Crippen molar-refractivity contribution in [3.8, 4) is 11.5 Å². The number of nitrogens with zero attached hydrogens (tertiary/aromatic N) is 3. The standard InChI is InChI=1S/C20H23N3O3S/c1-13-12-27-20-21-15(9-19(24)23(13)20)11-22(16-4-5-16)10-14-8-17(25-2)6-7-18(14)26-3/h6-9,12,16H,4-5,10-11H2,1-3H3. The van der Waals surface area contributed by atoms with Gasteiger partial charge >= 0.3 is 0 Å². The van der Waals surface area contributed by atoms with Crippen molar-refractivity contribution in [2.24, 2.45) is 0 Å². The molecule has 1 aliphatic rings. The first-order valence-corrected chi connectivity index (χ1v) is 9.88. The molecule has 0 saturated heterocycles. The average Bonchev–Trinajstić information content (AvgIpc) is 3.44. The van der Waals surface area contributed by atoms with Gasteiger partial charge in [0.2, 0.25) is 0 Å². The van der Waals surface area contributed by atoms with Gasteiger partial charge < -0.3 is 9.47 Å². The first-order valence-electron chi connectivity index (χ1n) is 9.01. The van der Waals surface area contributed by atoms with Gasteiger partial charge in [-0.15, -0.1) is 11.3 Å². The molecular weight excluding hydrogens is 362 g/mol. The molecule has 1 aromatic carbocycles. The molecule has 0 bridgehead atoms. The summed E-state index contributed by atoms with van der Waals surface area (Å²) in [5.41, 5.74) is 2.81. The molecule has 0 unspecified atom stereocenters. The molecule has 2 heterocycles. The zero-order chi connectivity index (χ0) is 19.0. The molecule has 0 amide bonds. The van der Waals surface area contributed by atoms with Crippen LogP contribution in [0, 0.1) is 6.92 Å². The van der Waals surface area contributed by atoms with Crippen LogP contribution in [0.25, 0.3) is 4.96 Å². The fourth-order valence-corrected chi connectivity index (χ4v) is 4.26. The van der Waals surface area contributed by atoms with E-state index in [2.05, 4.69) is 4.90 Å². The number of benzene rings is 1. The smallest absolute Gasteiger partial charge is 0.259 e. The van der Waals surface area contributed by atoms with Crippen molar-refractivity contribution in [3.63, 3.8) is 0 Å². The van der Waals surface area contributed by atoms with E-state index in [9.17, 15) is 4.79 Å². The second-order valence-electron chi connectivity index (χ2n) is 6.89. The first-order chi connectivity index (χ1) is 13.1. The molecule has 1 aliphatic carbocycles. The second-order valence-corrected chi connectivity index (χ2v) is 7.73. The number of fused-ring (bicyclic) bond motifs is 1. The maximum atomic E-state index is 12.5. The van der Waals surface area contributed by atoms with Gasteiger partial charge in [-0.3, -0.25) is 14.1 Å². The van der Waals surface area contributed by atoms with E-state index in [1.165, 1.54) is 24.2 Å². The van der Waals surface area contributed by atoms with E-state index in [1.807, 2.05) is 30.5 Å². The summed E-state index contributed by atoms with van der Waals surface area (Å²) in [5, 5.41) is 1.97. The van der Waals surface area contributed by atoms with Crippen molar-refractivity contribution in [2.45, 2.75) is 38.9 Å². The maximum Gasteiger partial charge on any atom is 0.259 e. The summed E-state index contributed by atoms with van der Waals surface area (Å²) in [5.74, 6) is 1.66. The zero-order valence-corrected chi connectivity index (χ0v) is 16.6. The van der Waals surface area contributed by atoms with Gasteiger partial charge in [-0.25, -0.2) is 4.98 Å². The van der Waals surface area contributed by atoms with Crippen LogP contribution in [0.1, 0.15) is 29.8 Å². The van der Waals surface area contributed by atoms with E-state index in [0.717, 1.165) is 40.0 Å². The molecule has 0 spiro atoms. The molecule has 142 valence electrons. The summed E-state index contributed by atoms with van der Waals surface area (Å²) >= 11 is 1.51. The zero-order valence-electron chi connectivity index (χ0n) is 15.8. The molecule has 2 aromatic heterocycles. The van der Waals surface area contributed by atoms with Gasteiger partial charge in [-0.05, 0) is 38.0 Å². The molecule has 0 aliphatic heterocycles. The summed E-state index contributed by atoms with van der Waals surface area (Å²) in [6.45, 7) is 3.31. The molecular formula is C20H23N3O3S. The molecule has 0 radical (unpaired) electrons. The largest absolute Gasteiger partial charge is 0.497 e. The minimum atomic E-state index is -0.0107. The van der Waals surface area contributed by atoms with Crippen molar-refractivity contribution in [1.29, 1.82) is 0 Å². The Morgan fingerprint density at radius 2 is 2.04 bits per heavy atom. The molecule has 1 saturated carbocycles. The number of hydrogen-bond acceptors (Lipinski definition) is 6. The van der Waals surface area contributed by atoms with Crippen LogP contribution in [0.4, 0.5) is 0 Å². The normalized spacial score (nSPS) is 14.1. The van der Waals surface area contributed by atoms with Gasteiger partial charge in [0.15, 0.2) is 4.96 Å². The molecule has 0 N–H and O–H groups in total. The van der Waals surface area contributed by atoms with Gasteiger partial charge in [-0.1, -0.05) is 0 Å². The lowest BCUT2D eigenvalue weighted by Gasteiger charge is -2.23. The Bertz CT molecular complexity index is 1020. The highest BCUT2D eigenvalue weighted by Crippen LogP contribution is 2.32. The van der Waals surface area contributed by atoms with Gasteiger partial charge in [0.1, 0.15) is 11.5 Å². The first kappa shape index (κ1) is 18.0. The van der Waals surface area contributed by atoms with E-state index in [4.69, 9.17) is 14.5 Å². The molecule has 0 atom stereocenters. The Hall–Kier alpha value is -2.38. The van der Waals surface area contributed by atoms with Crippen molar-refractivity contribution in [2.75, 3.05) is 14.2 Å². The Morgan fingerprint density at radius 3 is 2.74 bits per heavy atom. The van der Waals surface area contributed by atoms with Crippen molar-refractivity contribution in [1.82, 2.24) is 14.3 Å². The summed E-state index contributed by atoms with van der Waals surface area (Å²) < 4.78 is 12.6. The Kier molecular flexibility index (Phi) is 4.88. The minimum absolute atomic E-state index is 0.0107. The number of hydrogen-bond donors (Lipinski definition) is 0. The lowest BCUT2D eigenvalue weighted by molar-refractivity contribution is 0.238. The van der Waals surface area contributed by atoms with Crippen LogP contribution >= 0.6 is 11.3 Å². The third-order valence-corrected chi connectivity index (χ3v) is 5.86. The molecule has 6 nitrogen and oxygen atoms in total. The Balaban J connectivity index is 1.62. The van der Waals surface area contributed by atoms with E-state index in [-0.39, 0.29) is 5.56 Å². The summed E-state index contributed by atoms with van der Waals surface area (Å²) in [4.78, 5) is 20.3. The third-order valence-electron chi connectivity index (χ3n) is 4.92. The highest BCUT2D eigenvalue weighted by molar-refractivity contribution is 7.15. The number of ether oxygens (including phenoxy) is 2. The van der Waals surface area contributed by atoms with Gasteiger partial charge in [0, 0.05) is 41.8 Å². The second kappa shape index (κ2) is 7.32. The van der Waals surface area contributed by atoms with Crippen molar-refractivity contribution in [3.05, 3.63) is 57.0 Å². The fraction of sp³-hybridized carbons (Fsp3) is 0.400. The molecule has 7 heteroatoms. The van der Waals surface area contributed by atoms with Gasteiger partial charge in [0.25, 0.3) is 5.56 Å². The Labute approximate surface area is 162 Å². The van der Waals surface area contributed by atoms with E-state index >= 15 is 0 Å². The van der Waals surface area contributed by atoms with Crippen LogP contribution in [0.3, 0.4) is 0 Å². The number of thiazole rings is 1. The molecule has 27 heavy (non-hydrogen) atoms. The van der Waals surface area contributed by atoms with Crippen LogP contribution in [-0.2, 0) is 13.1 Å². The lowest BCUT2D eigenvalue weighted by atomic mass is 10.1. The van der Waals surface area contributed by atoms with Crippen LogP contribution in [-0.4, -0.2) is 34.5 Å². The third kappa shape index (κ3) is 3.70. The summed E-state index contributed by atoms with van der Waals surface area (Å²) in [6, 6.07) is 8.03. The minimum Gasteiger partial charge on any atom is -0.497 e. The fourth-order valence-electron chi connectivity index (χ4n) is 3.37. The number of aryl methyl sites for hydroxylation is 1. The topological polar surface area (TPSA) is 56.1 Å². The average molecular weight is 385 g/mol. The van der Waals surface area contributed by atoms with Crippen LogP contribution in [0.5, 0.6) is 11.5 Å². The highest BCUT2D eigenvalue weighted by Gasteiger charge is 2.30. The van der Waals surface area contributed by atoms with Crippen molar-refractivity contribution >= 4 is 16.3 Å². The van der Waals surface area contributed by atoms with Crippen LogP contribution in [0.15, 0.2) is 34.4 Å². The van der Waals surface area contributed by atoms with Gasteiger partial charge in [-0.2, -0.15) is 0 Å². The lowest BCUT2D eigenvalue weighted by Crippen LogP contribution is -2.27. The molecule has 4 rings (SSSR count). The monoisotopic (exact) mass is 385 g/mol. The van der Waals surface area contributed by atoms with Crippen LogP contribution < -0.4 is 15.0 Å². The van der Waals surface area contributed by atoms with E-state index in [0.29, 0.717) is 12.6 Å². The predicted molar refractivity (Wildman–Crippen MR) is 106 cm³/mol. The maximum absolute atomic E-state index is 12.5.